The summed E-state index contributed by atoms with van der Waals surface area (Å²) in [5.41, 5.74) is 0.896. The van der Waals surface area contributed by atoms with Crippen molar-refractivity contribution in [2.45, 2.75) is 51.8 Å². The first kappa shape index (κ1) is 14.9. The molecule has 1 saturated heterocycles. The number of thiazole rings is 1. The largest absolute Gasteiger partial charge is 0.381 e. The van der Waals surface area contributed by atoms with Crippen molar-refractivity contribution in [1.82, 2.24) is 10.3 Å². The maximum Gasteiger partial charge on any atom is 0.125 e. The lowest BCUT2D eigenvalue weighted by Crippen LogP contribution is -2.36. The predicted octanol–water partition coefficient (Wildman–Crippen LogP) is 2.68. The van der Waals surface area contributed by atoms with Gasteiger partial charge in [-0.2, -0.15) is 0 Å². The maximum absolute atomic E-state index is 6.04. The number of ether oxygens (including phenoxy) is 2. The van der Waals surface area contributed by atoms with Gasteiger partial charge in [-0.1, -0.05) is 13.8 Å². The zero-order chi connectivity index (χ0) is 13.7. The number of rotatable bonds is 6. The highest BCUT2D eigenvalue weighted by Gasteiger charge is 2.37. The van der Waals surface area contributed by atoms with Crippen LogP contribution < -0.4 is 5.32 Å². The van der Waals surface area contributed by atoms with E-state index in [-0.39, 0.29) is 5.60 Å². The molecule has 2 rings (SSSR count). The second-order valence-electron chi connectivity index (χ2n) is 5.22. The molecule has 19 heavy (non-hydrogen) atoms. The molecule has 5 heteroatoms. The SMILES string of the molecule is CCOC1(c2nc(CNC(C)C)cs2)CCOCC1. The van der Waals surface area contributed by atoms with Crippen molar-refractivity contribution in [2.75, 3.05) is 19.8 Å². The Hall–Kier alpha value is -0.490. The van der Waals surface area contributed by atoms with Gasteiger partial charge < -0.3 is 14.8 Å². The van der Waals surface area contributed by atoms with Gasteiger partial charge in [-0.25, -0.2) is 4.98 Å². The second kappa shape index (κ2) is 6.79. The highest BCUT2D eigenvalue weighted by Crippen LogP contribution is 2.37. The minimum Gasteiger partial charge on any atom is -0.381 e. The zero-order valence-electron chi connectivity index (χ0n) is 12.1. The van der Waals surface area contributed by atoms with Gasteiger partial charge in [0.1, 0.15) is 10.6 Å². The molecule has 0 atom stereocenters. The summed E-state index contributed by atoms with van der Waals surface area (Å²) < 4.78 is 11.5. The summed E-state index contributed by atoms with van der Waals surface area (Å²) >= 11 is 1.71. The molecule has 0 aromatic carbocycles. The molecule has 0 saturated carbocycles. The predicted molar refractivity (Wildman–Crippen MR) is 77.4 cm³/mol. The third-order valence-electron chi connectivity index (χ3n) is 3.35. The highest BCUT2D eigenvalue weighted by atomic mass is 32.1. The van der Waals surface area contributed by atoms with Gasteiger partial charge >= 0.3 is 0 Å². The molecule has 0 aliphatic carbocycles. The first-order chi connectivity index (χ1) is 9.16. The van der Waals surface area contributed by atoms with Crippen LogP contribution in [0.3, 0.4) is 0 Å². The Kier molecular flexibility index (Phi) is 5.33. The Labute approximate surface area is 119 Å². The molecular formula is C14H24N2O2S. The monoisotopic (exact) mass is 284 g/mol. The molecule has 0 radical (unpaired) electrons. The van der Waals surface area contributed by atoms with Gasteiger partial charge in [-0.3, -0.25) is 0 Å². The number of hydrogen-bond acceptors (Lipinski definition) is 5. The van der Waals surface area contributed by atoms with Gasteiger partial charge in [0, 0.05) is 50.6 Å². The standard InChI is InChI=1S/C14H24N2O2S/c1-4-18-14(5-7-17-8-6-14)13-16-12(10-19-13)9-15-11(2)3/h10-11,15H,4-9H2,1-3H3. The van der Waals surface area contributed by atoms with Crippen LogP contribution in [-0.2, 0) is 21.6 Å². The maximum atomic E-state index is 6.04. The summed E-state index contributed by atoms with van der Waals surface area (Å²) in [6.07, 6.45) is 1.82. The van der Waals surface area contributed by atoms with Crippen LogP contribution in [0, 0.1) is 0 Å². The summed E-state index contributed by atoms with van der Waals surface area (Å²) in [7, 11) is 0. The Morgan fingerprint density at radius 2 is 2.21 bits per heavy atom. The van der Waals surface area contributed by atoms with E-state index in [1.54, 1.807) is 11.3 Å². The molecule has 1 fully saturated rings. The Morgan fingerprint density at radius 1 is 1.47 bits per heavy atom. The Balaban J connectivity index is 2.09. The summed E-state index contributed by atoms with van der Waals surface area (Å²) in [4.78, 5) is 4.77. The number of nitrogens with zero attached hydrogens (tertiary/aromatic N) is 1. The number of hydrogen-bond donors (Lipinski definition) is 1. The van der Waals surface area contributed by atoms with E-state index in [1.165, 1.54) is 0 Å². The summed E-state index contributed by atoms with van der Waals surface area (Å²) in [5, 5.41) is 6.65. The van der Waals surface area contributed by atoms with Crippen LogP contribution in [-0.4, -0.2) is 30.8 Å². The third kappa shape index (κ3) is 3.75. The first-order valence-corrected chi connectivity index (χ1v) is 7.94. The van der Waals surface area contributed by atoms with Crippen molar-refractivity contribution in [3.05, 3.63) is 16.1 Å². The zero-order valence-corrected chi connectivity index (χ0v) is 12.9. The van der Waals surface area contributed by atoms with Crippen molar-refractivity contribution >= 4 is 11.3 Å². The lowest BCUT2D eigenvalue weighted by Gasteiger charge is -2.35. The summed E-state index contributed by atoms with van der Waals surface area (Å²) in [6, 6.07) is 0.481. The lowest BCUT2D eigenvalue weighted by atomic mass is 9.95. The highest BCUT2D eigenvalue weighted by molar-refractivity contribution is 7.09. The van der Waals surface area contributed by atoms with Crippen LogP contribution in [0.15, 0.2) is 5.38 Å². The summed E-state index contributed by atoms with van der Waals surface area (Å²) in [5.74, 6) is 0. The Bertz CT molecular complexity index is 381. The normalized spacial score (nSPS) is 18.9. The minimum absolute atomic E-state index is 0.215. The van der Waals surface area contributed by atoms with Crippen molar-refractivity contribution in [2.24, 2.45) is 0 Å². The molecule has 1 aliphatic rings. The van der Waals surface area contributed by atoms with Gasteiger partial charge in [0.25, 0.3) is 0 Å². The van der Waals surface area contributed by atoms with Crippen LogP contribution in [0.1, 0.15) is 44.3 Å². The molecule has 1 aliphatic heterocycles. The fourth-order valence-electron chi connectivity index (χ4n) is 2.30. The Morgan fingerprint density at radius 3 is 2.84 bits per heavy atom. The van der Waals surface area contributed by atoms with Crippen molar-refractivity contribution in [1.29, 1.82) is 0 Å². The molecule has 108 valence electrons. The molecule has 0 amide bonds. The van der Waals surface area contributed by atoms with Crippen LogP contribution in [0.4, 0.5) is 0 Å². The van der Waals surface area contributed by atoms with Gasteiger partial charge in [-0.05, 0) is 6.92 Å². The van der Waals surface area contributed by atoms with Crippen LogP contribution >= 0.6 is 11.3 Å². The van der Waals surface area contributed by atoms with Crippen LogP contribution in [0.2, 0.25) is 0 Å². The molecule has 4 nitrogen and oxygen atoms in total. The van der Waals surface area contributed by atoms with Crippen molar-refractivity contribution in [3.63, 3.8) is 0 Å². The van der Waals surface area contributed by atoms with Gasteiger partial charge in [0.2, 0.25) is 0 Å². The fourth-order valence-corrected chi connectivity index (χ4v) is 3.33. The number of aromatic nitrogens is 1. The van der Waals surface area contributed by atoms with Crippen molar-refractivity contribution in [3.8, 4) is 0 Å². The molecule has 1 aromatic rings. The molecule has 0 unspecified atom stereocenters. The molecule has 1 N–H and O–H groups in total. The molecular weight excluding hydrogens is 260 g/mol. The smallest absolute Gasteiger partial charge is 0.125 e. The first-order valence-electron chi connectivity index (χ1n) is 7.06. The number of nitrogens with one attached hydrogen (secondary N) is 1. The average molecular weight is 284 g/mol. The topological polar surface area (TPSA) is 43.4 Å². The van der Waals surface area contributed by atoms with E-state index in [1.807, 2.05) is 6.92 Å². The second-order valence-corrected chi connectivity index (χ2v) is 6.08. The van der Waals surface area contributed by atoms with Gasteiger partial charge in [-0.15, -0.1) is 11.3 Å². The minimum atomic E-state index is -0.215. The average Bonchev–Trinajstić information content (AvgIpc) is 2.87. The van der Waals surface area contributed by atoms with Gasteiger partial charge in [0.05, 0.1) is 5.69 Å². The summed E-state index contributed by atoms with van der Waals surface area (Å²) in [6.45, 7) is 9.41. The molecule has 0 spiro atoms. The molecule has 0 bridgehead atoms. The third-order valence-corrected chi connectivity index (χ3v) is 4.43. The molecule has 1 aromatic heterocycles. The van der Waals surface area contributed by atoms with Crippen LogP contribution in [0.5, 0.6) is 0 Å². The van der Waals surface area contributed by atoms with E-state index in [2.05, 4.69) is 24.5 Å². The fraction of sp³-hybridized carbons (Fsp3) is 0.786. The van der Waals surface area contributed by atoms with Crippen LogP contribution in [0.25, 0.3) is 0 Å². The molecule has 2 heterocycles. The van der Waals surface area contributed by atoms with E-state index in [4.69, 9.17) is 14.5 Å². The van der Waals surface area contributed by atoms with Crippen molar-refractivity contribution < 1.29 is 9.47 Å². The van der Waals surface area contributed by atoms with E-state index in [0.29, 0.717) is 6.04 Å². The van der Waals surface area contributed by atoms with E-state index in [9.17, 15) is 0 Å². The van der Waals surface area contributed by atoms with E-state index >= 15 is 0 Å². The van der Waals surface area contributed by atoms with Gasteiger partial charge in [0.15, 0.2) is 0 Å². The lowest BCUT2D eigenvalue weighted by molar-refractivity contribution is -0.112. The van der Waals surface area contributed by atoms with E-state index < -0.39 is 0 Å². The van der Waals surface area contributed by atoms with E-state index in [0.717, 1.165) is 49.9 Å². The quantitative estimate of drug-likeness (QED) is 0.872.